The van der Waals surface area contributed by atoms with Gasteiger partial charge < -0.3 is 10.2 Å². The molecule has 27 heavy (non-hydrogen) atoms. The summed E-state index contributed by atoms with van der Waals surface area (Å²) in [5, 5.41) is 22.9. The SMILES string of the molecule is CC(O)(/C=C/c1ccccc1)C(O)(Cc1ccccc1)Cc1ccccc1. The Morgan fingerprint density at radius 1 is 0.667 bits per heavy atom. The van der Waals surface area contributed by atoms with E-state index in [-0.39, 0.29) is 0 Å². The van der Waals surface area contributed by atoms with Gasteiger partial charge in [0.15, 0.2) is 0 Å². The molecule has 3 aromatic rings. The average Bonchev–Trinajstić information content (AvgIpc) is 2.69. The molecule has 1 unspecified atom stereocenters. The summed E-state index contributed by atoms with van der Waals surface area (Å²) in [6.45, 7) is 1.68. The molecule has 0 saturated heterocycles. The zero-order valence-corrected chi connectivity index (χ0v) is 15.6. The largest absolute Gasteiger partial charge is 0.386 e. The van der Waals surface area contributed by atoms with Gasteiger partial charge in [-0.15, -0.1) is 0 Å². The van der Waals surface area contributed by atoms with Gasteiger partial charge in [0.2, 0.25) is 0 Å². The average molecular weight is 358 g/mol. The second-order valence-electron chi connectivity index (χ2n) is 7.25. The van der Waals surface area contributed by atoms with Gasteiger partial charge in [-0.1, -0.05) is 97.1 Å². The first kappa shape index (κ1) is 19.1. The fourth-order valence-electron chi connectivity index (χ4n) is 3.27. The predicted octanol–water partition coefficient (Wildman–Crippen LogP) is 4.67. The Morgan fingerprint density at radius 3 is 1.52 bits per heavy atom. The van der Waals surface area contributed by atoms with Crippen molar-refractivity contribution in [1.29, 1.82) is 0 Å². The van der Waals surface area contributed by atoms with Crippen molar-refractivity contribution in [2.75, 3.05) is 0 Å². The van der Waals surface area contributed by atoms with Gasteiger partial charge in [-0.25, -0.2) is 0 Å². The Bertz CT molecular complexity index is 811. The van der Waals surface area contributed by atoms with Gasteiger partial charge >= 0.3 is 0 Å². The topological polar surface area (TPSA) is 40.5 Å². The molecule has 138 valence electrons. The molecule has 0 spiro atoms. The Balaban J connectivity index is 1.93. The first-order valence-corrected chi connectivity index (χ1v) is 9.25. The highest BCUT2D eigenvalue weighted by atomic mass is 16.4. The molecule has 0 aliphatic heterocycles. The molecule has 2 heteroatoms. The molecule has 0 heterocycles. The van der Waals surface area contributed by atoms with Crippen LogP contribution in [0.15, 0.2) is 97.1 Å². The standard InChI is InChI=1S/C25H26O2/c1-24(26,18-17-21-11-5-2-6-12-21)25(27,19-22-13-7-3-8-14-22)20-23-15-9-4-10-16-23/h2-18,26-27H,19-20H2,1H3/b18-17+. The highest BCUT2D eigenvalue weighted by Gasteiger charge is 2.44. The lowest BCUT2D eigenvalue weighted by atomic mass is 9.75. The van der Waals surface area contributed by atoms with Crippen LogP contribution in [-0.4, -0.2) is 21.4 Å². The van der Waals surface area contributed by atoms with Crippen LogP contribution < -0.4 is 0 Å². The Labute approximate surface area is 161 Å². The van der Waals surface area contributed by atoms with Crippen molar-refractivity contribution >= 4 is 6.08 Å². The number of hydrogen-bond acceptors (Lipinski definition) is 2. The maximum Gasteiger partial charge on any atom is 0.109 e. The summed E-state index contributed by atoms with van der Waals surface area (Å²) in [6.07, 6.45) is 4.28. The lowest BCUT2D eigenvalue weighted by Crippen LogP contribution is -2.54. The Hall–Kier alpha value is -2.68. The second-order valence-corrected chi connectivity index (χ2v) is 7.25. The summed E-state index contributed by atoms with van der Waals surface area (Å²) in [5.41, 5.74) is 0.211. The monoisotopic (exact) mass is 358 g/mol. The van der Waals surface area contributed by atoms with E-state index in [2.05, 4.69) is 0 Å². The van der Waals surface area contributed by atoms with Crippen LogP contribution in [0.25, 0.3) is 6.08 Å². The van der Waals surface area contributed by atoms with Gasteiger partial charge in [-0.05, 0) is 29.7 Å². The van der Waals surface area contributed by atoms with Gasteiger partial charge in [0.25, 0.3) is 0 Å². The molecule has 3 aromatic carbocycles. The van der Waals surface area contributed by atoms with E-state index >= 15 is 0 Å². The molecule has 0 aliphatic carbocycles. The zero-order chi connectivity index (χ0) is 19.2. The van der Waals surface area contributed by atoms with Crippen LogP contribution in [0.2, 0.25) is 0 Å². The molecule has 0 radical (unpaired) electrons. The number of hydrogen-bond donors (Lipinski definition) is 2. The van der Waals surface area contributed by atoms with E-state index in [1.54, 1.807) is 13.0 Å². The van der Waals surface area contributed by atoms with Crippen LogP contribution in [0.1, 0.15) is 23.6 Å². The van der Waals surface area contributed by atoms with Crippen LogP contribution in [0.3, 0.4) is 0 Å². The summed E-state index contributed by atoms with van der Waals surface area (Å²) < 4.78 is 0. The molecule has 0 fully saturated rings. The van der Waals surface area contributed by atoms with Crippen LogP contribution >= 0.6 is 0 Å². The van der Waals surface area contributed by atoms with Crippen LogP contribution in [0.4, 0.5) is 0 Å². The number of aliphatic hydroxyl groups is 2. The van der Waals surface area contributed by atoms with Crippen molar-refractivity contribution in [3.8, 4) is 0 Å². The lowest BCUT2D eigenvalue weighted by Gasteiger charge is -2.40. The summed E-state index contributed by atoms with van der Waals surface area (Å²) in [6, 6.07) is 29.4. The summed E-state index contributed by atoms with van der Waals surface area (Å²) in [4.78, 5) is 0. The first-order chi connectivity index (χ1) is 13.0. The molecular weight excluding hydrogens is 332 g/mol. The van der Waals surface area contributed by atoms with Gasteiger partial charge in [-0.2, -0.15) is 0 Å². The Kier molecular flexibility index (Phi) is 5.90. The molecule has 0 saturated carbocycles. The van der Waals surface area contributed by atoms with Crippen molar-refractivity contribution in [2.45, 2.75) is 31.0 Å². The van der Waals surface area contributed by atoms with E-state index in [9.17, 15) is 10.2 Å². The highest BCUT2D eigenvalue weighted by Crippen LogP contribution is 2.32. The molecule has 0 aliphatic rings. The number of benzene rings is 3. The molecular formula is C25H26O2. The molecule has 2 N–H and O–H groups in total. The normalized spacial score (nSPS) is 14.2. The lowest BCUT2D eigenvalue weighted by molar-refractivity contribution is -0.112. The predicted molar refractivity (Wildman–Crippen MR) is 111 cm³/mol. The van der Waals surface area contributed by atoms with Gasteiger partial charge in [-0.3, -0.25) is 0 Å². The minimum atomic E-state index is -1.41. The van der Waals surface area contributed by atoms with Crippen LogP contribution in [0, 0.1) is 0 Å². The van der Waals surface area contributed by atoms with Crippen LogP contribution in [-0.2, 0) is 12.8 Å². The smallest absolute Gasteiger partial charge is 0.109 e. The summed E-state index contributed by atoms with van der Waals surface area (Å²) in [7, 11) is 0. The van der Waals surface area contributed by atoms with Crippen molar-refractivity contribution in [1.82, 2.24) is 0 Å². The van der Waals surface area contributed by atoms with E-state index in [4.69, 9.17) is 0 Å². The summed E-state index contributed by atoms with van der Waals surface area (Å²) in [5.74, 6) is 0. The van der Waals surface area contributed by atoms with Crippen molar-refractivity contribution < 1.29 is 10.2 Å². The quantitative estimate of drug-likeness (QED) is 0.644. The van der Waals surface area contributed by atoms with Crippen molar-refractivity contribution in [2.24, 2.45) is 0 Å². The van der Waals surface area contributed by atoms with Crippen LogP contribution in [0.5, 0.6) is 0 Å². The van der Waals surface area contributed by atoms with Gasteiger partial charge in [0.1, 0.15) is 11.2 Å². The maximum atomic E-state index is 11.6. The Morgan fingerprint density at radius 2 is 1.07 bits per heavy atom. The molecule has 0 amide bonds. The fraction of sp³-hybridized carbons (Fsp3) is 0.200. The maximum absolute atomic E-state index is 11.6. The fourth-order valence-corrected chi connectivity index (χ4v) is 3.27. The van der Waals surface area contributed by atoms with Gasteiger partial charge in [0.05, 0.1) is 0 Å². The molecule has 0 bridgehead atoms. The molecule has 1 atom stereocenters. The van der Waals surface area contributed by atoms with E-state index in [1.165, 1.54) is 0 Å². The third-order valence-electron chi connectivity index (χ3n) is 5.02. The minimum absolute atomic E-state index is 0.356. The molecule has 0 aromatic heterocycles. The molecule has 3 rings (SSSR count). The second kappa shape index (κ2) is 8.34. The number of rotatable bonds is 7. The van der Waals surface area contributed by atoms with E-state index in [0.29, 0.717) is 12.8 Å². The third kappa shape index (κ3) is 4.94. The van der Waals surface area contributed by atoms with Crippen molar-refractivity contribution in [3.05, 3.63) is 114 Å². The highest BCUT2D eigenvalue weighted by molar-refractivity contribution is 5.51. The van der Waals surface area contributed by atoms with E-state index in [0.717, 1.165) is 16.7 Å². The molecule has 2 nitrogen and oxygen atoms in total. The zero-order valence-electron chi connectivity index (χ0n) is 15.6. The van der Waals surface area contributed by atoms with E-state index in [1.807, 2.05) is 97.1 Å². The summed E-state index contributed by atoms with van der Waals surface area (Å²) >= 11 is 0. The first-order valence-electron chi connectivity index (χ1n) is 9.25. The van der Waals surface area contributed by atoms with Gasteiger partial charge in [0, 0.05) is 12.8 Å². The minimum Gasteiger partial charge on any atom is -0.386 e. The van der Waals surface area contributed by atoms with Crippen molar-refractivity contribution in [3.63, 3.8) is 0 Å². The third-order valence-corrected chi connectivity index (χ3v) is 5.02. The van der Waals surface area contributed by atoms with E-state index < -0.39 is 11.2 Å².